The second-order valence-corrected chi connectivity index (χ2v) is 9.22. The molecule has 5 heteroatoms. The van der Waals surface area contributed by atoms with Gasteiger partial charge in [0.05, 0.1) is 6.26 Å². The summed E-state index contributed by atoms with van der Waals surface area (Å²) in [4.78, 5) is 0. The zero-order chi connectivity index (χ0) is 14.8. The summed E-state index contributed by atoms with van der Waals surface area (Å²) in [5.74, 6) is 1.26. The van der Waals surface area contributed by atoms with Crippen molar-refractivity contribution in [2.75, 3.05) is 25.9 Å². The molecule has 20 heavy (non-hydrogen) atoms. The normalized spacial score (nSPS) is 37.0. The van der Waals surface area contributed by atoms with Crippen LogP contribution in [-0.2, 0) is 10.0 Å². The van der Waals surface area contributed by atoms with Crippen LogP contribution in [0.2, 0.25) is 0 Å². The van der Waals surface area contributed by atoms with E-state index in [1.807, 2.05) is 0 Å². The Bertz CT molecular complexity index is 424. The smallest absolute Gasteiger partial charge is 0.211 e. The minimum absolute atomic E-state index is 0.267. The van der Waals surface area contributed by atoms with Gasteiger partial charge in [0.15, 0.2) is 0 Å². The van der Waals surface area contributed by atoms with Crippen molar-refractivity contribution in [3.63, 3.8) is 0 Å². The highest BCUT2D eigenvalue weighted by molar-refractivity contribution is 7.88. The third-order valence-electron chi connectivity index (χ3n) is 5.29. The zero-order valence-corrected chi connectivity index (χ0v) is 13.8. The molecule has 1 saturated carbocycles. The number of nitrogens with two attached hydrogens (primary N) is 1. The molecule has 2 aliphatic rings. The summed E-state index contributed by atoms with van der Waals surface area (Å²) in [5, 5.41) is 0. The number of rotatable bonds is 4. The van der Waals surface area contributed by atoms with Gasteiger partial charge in [-0.3, -0.25) is 0 Å². The minimum atomic E-state index is -3.03. The van der Waals surface area contributed by atoms with Gasteiger partial charge in [0.25, 0.3) is 0 Å². The van der Waals surface area contributed by atoms with E-state index in [0.29, 0.717) is 19.0 Å². The van der Waals surface area contributed by atoms with Crippen molar-refractivity contribution in [3.05, 3.63) is 0 Å². The third kappa shape index (κ3) is 3.95. The molecule has 0 amide bonds. The molecule has 3 atom stereocenters. The molecule has 2 N–H and O–H groups in total. The van der Waals surface area contributed by atoms with Gasteiger partial charge in [-0.1, -0.05) is 19.8 Å². The van der Waals surface area contributed by atoms with Crippen LogP contribution < -0.4 is 5.73 Å². The number of nitrogens with zero attached hydrogens (tertiary/aromatic N) is 1. The van der Waals surface area contributed by atoms with Crippen LogP contribution in [0.3, 0.4) is 0 Å². The molecule has 1 heterocycles. The predicted molar refractivity (Wildman–Crippen MR) is 82.9 cm³/mol. The monoisotopic (exact) mass is 302 g/mol. The lowest BCUT2D eigenvalue weighted by molar-refractivity contribution is 0.0979. The molecule has 1 aliphatic heterocycles. The molecule has 4 nitrogen and oxygen atoms in total. The molecule has 1 saturated heterocycles. The lowest BCUT2D eigenvalue weighted by Gasteiger charge is -2.43. The van der Waals surface area contributed by atoms with Crippen molar-refractivity contribution in [2.45, 2.75) is 51.9 Å². The fourth-order valence-electron chi connectivity index (χ4n) is 4.33. The quantitative estimate of drug-likeness (QED) is 0.866. The van der Waals surface area contributed by atoms with Crippen molar-refractivity contribution < 1.29 is 8.42 Å². The molecular weight excluding hydrogens is 272 g/mol. The lowest BCUT2D eigenvalue weighted by Crippen LogP contribution is -2.43. The van der Waals surface area contributed by atoms with Crippen molar-refractivity contribution in [3.8, 4) is 0 Å². The first-order valence-corrected chi connectivity index (χ1v) is 9.85. The highest BCUT2D eigenvalue weighted by Crippen LogP contribution is 2.44. The van der Waals surface area contributed by atoms with Gasteiger partial charge in [-0.05, 0) is 55.9 Å². The Kier molecular flexibility index (Phi) is 5.14. The molecule has 1 aliphatic carbocycles. The fraction of sp³-hybridized carbons (Fsp3) is 1.00. The Morgan fingerprint density at radius 3 is 2.65 bits per heavy atom. The van der Waals surface area contributed by atoms with Crippen LogP contribution >= 0.6 is 0 Å². The van der Waals surface area contributed by atoms with E-state index in [4.69, 9.17) is 5.73 Å². The minimum Gasteiger partial charge on any atom is -0.330 e. The highest BCUT2D eigenvalue weighted by atomic mass is 32.2. The van der Waals surface area contributed by atoms with E-state index in [1.54, 1.807) is 4.31 Å². The first kappa shape index (κ1) is 16.2. The first-order chi connectivity index (χ1) is 9.35. The summed E-state index contributed by atoms with van der Waals surface area (Å²) < 4.78 is 25.1. The van der Waals surface area contributed by atoms with Crippen molar-refractivity contribution in [1.29, 1.82) is 0 Å². The van der Waals surface area contributed by atoms with Gasteiger partial charge in [0.1, 0.15) is 0 Å². The second kappa shape index (κ2) is 6.32. The molecule has 3 unspecified atom stereocenters. The summed E-state index contributed by atoms with van der Waals surface area (Å²) >= 11 is 0. The van der Waals surface area contributed by atoms with Crippen molar-refractivity contribution >= 4 is 10.0 Å². The summed E-state index contributed by atoms with van der Waals surface area (Å²) in [5.41, 5.74) is 6.37. The molecule has 118 valence electrons. The maximum atomic E-state index is 11.7. The largest absolute Gasteiger partial charge is 0.330 e. The maximum absolute atomic E-state index is 11.7. The van der Waals surface area contributed by atoms with Gasteiger partial charge in [-0.25, -0.2) is 12.7 Å². The predicted octanol–water partition coefficient (Wildman–Crippen LogP) is 2.20. The van der Waals surface area contributed by atoms with E-state index >= 15 is 0 Å². The molecule has 0 spiro atoms. The summed E-state index contributed by atoms with van der Waals surface area (Å²) in [6.45, 7) is 4.48. The maximum Gasteiger partial charge on any atom is 0.211 e. The standard InChI is InChI=1S/C15H30N2O2S/c1-13-5-3-7-15(9-13,12-16)10-14-6-4-8-17(11-14)20(2,18)19/h13-14H,3-12,16H2,1-2H3. The average Bonchev–Trinajstić information content (AvgIpc) is 2.38. The Balaban J connectivity index is 2.00. The lowest BCUT2D eigenvalue weighted by atomic mass is 9.65. The molecule has 0 radical (unpaired) electrons. The van der Waals surface area contributed by atoms with E-state index in [-0.39, 0.29) is 5.41 Å². The second-order valence-electron chi connectivity index (χ2n) is 7.24. The molecular formula is C15H30N2O2S. The molecule has 2 rings (SSSR count). The first-order valence-electron chi connectivity index (χ1n) is 8.00. The Morgan fingerprint density at radius 1 is 1.30 bits per heavy atom. The van der Waals surface area contributed by atoms with Gasteiger partial charge in [-0.15, -0.1) is 0 Å². The van der Waals surface area contributed by atoms with E-state index in [2.05, 4.69) is 6.92 Å². The summed E-state index contributed by atoms with van der Waals surface area (Å²) in [6.07, 6.45) is 9.64. The van der Waals surface area contributed by atoms with E-state index in [1.165, 1.54) is 31.9 Å². The molecule has 0 bridgehead atoms. The van der Waals surface area contributed by atoms with Crippen LogP contribution in [0.15, 0.2) is 0 Å². The van der Waals surface area contributed by atoms with E-state index < -0.39 is 10.0 Å². The number of sulfonamides is 1. The fourth-order valence-corrected chi connectivity index (χ4v) is 5.27. The van der Waals surface area contributed by atoms with Gasteiger partial charge in [-0.2, -0.15) is 0 Å². The molecule has 2 fully saturated rings. The van der Waals surface area contributed by atoms with Crippen molar-refractivity contribution in [1.82, 2.24) is 4.31 Å². The van der Waals surface area contributed by atoms with Crippen LogP contribution in [0, 0.1) is 17.3 Å². The van der Waals surface area contributed by atoms with E-state index in [9.17, 15) is 8.42 Å². The van der Waals surface area contributed by atoms with Gasteiger partial charge in [0.2, 0.25) is 10.0 Å². The number of piperidine rings is 1. The van der Waals surface area contributed by atoms with Crippen LogP contribution in [0.25, 0.3) is 0 Å². The van der Waals surface area contributed by atoms with Crippen LogP contribution in [-0.4, -0.2) is 38.6 Å². The van der Waals surface area contributed by atoms with Crippen LogP contribution in [0.4, 0.5) is 0 Å². The Morgan fingerprint density at radius 2 is 2.05 bits per heavy atom. The van der Waals surface area contributed by atoms with E-state index in [0.717, 1.165) is 31.7 Å². The Hall–Kier alpha value is -0.130. The zero-order valence-electron chi connectivity index (χ0n) is 13.0. The van der Waals surface area contributed by atoms with Gasteiger partial charge < -0.3 is 5.73 Å². The third-order valence-corrected chi connectivity index (χ3v) is 6.56. The number of hydrogen-bond acceptors (Lipinski definition) is 3. The average molecular weight is 302 g/mol. The van der Waals surface area contributed by atoms with Crippen LogP contribution in [0.1, 0.15) is 51.9 Å². The van der Waals surface area contributed by atoms with Crippen molar-refractivity contribution in [2.24, 2.45) is 23.0 Å². The van der Waals surface area contributed by atoms with Gasteiger partial charge in [0, 0.05) is 13.1 Å². The molecule has 0 aromatic carbocycles. The topological polar surface area (TPSA) is 63.4 Å². The SMILES string of the molecule is CC1CCCC(CN)(CC2CCCN(S(C)(=O)=O)C2)C1. The highest BCUT2D eigenvalue weighted by Gasteiger charge is 2.37. The summed E-state index contributed by atoms with van der Waals surface area (Å²) in [7, 11) is -3.03. The molecule has 0 aromatic rings. The summed E-state index contributed by atoms with van der Waals surface area (Å²) in [6, 6.07) is 0. The van der Waals surface area contributed by atoms with Crippen LogP contribution in [0.5, 0.6) is 0 Å². The number of hydrogen-bond donors (Lipinski definition) is 1. The Labute approximate surface area is 124 Å². The molecule has 0 aromatic heterocycles. The van der Waals surface area contributed by atoms with Gasteiger partial charge >= 0.3 is 0 Å².